The molecule has 0 unspecified atom stereocenters. The van der Waals surface area contributed by atoms with Gasteiger partial charge in [0.15, 0.2) is 0 Å². The first-order valence-corrected chi connectivity index (χ1v) is 6.16. The van der Waals surface area contributed by atoms with Crippen molar-refractivity contribution in [3.8, 4) is 16.2 Å². The summed E-state index contributed by atoms with van der Waals surface area (Å²) in [6, 6.07) is 9.26. The third-order valence-corrected chi connectivity index (χ3v) is 3.44. The second-order valence-corrected chi connectivity index (χ2v) is 4.65. The fourth-order valence-corrected chi connectivity index (χ4v) is 2.39. The molecule has 0 radical (unpaired) electrons. The summed E-state index contributed by atoms with van der Waals surface area (Å²) < 4.78 is 28.3. The molecule has 5 nitrogen and oxygen atoms in total. The molecule has 1 heterocycles. The van der Waals surface area contributed by atoms with E-state index in [0.717, 1.165) is 21.8 Å². The van der Waals surface area contributed by atoms with Gasteiger partial charge in [-0.15, -0.1) is 11.3 Å². The van der Waals surface area contributed by atoms with Crippen LogP contribution in [0, 0.1) is 0 Å². The number of carbonyl (C=O) groups excluding carboxylic acids is 1. The maximum Gasteiger partial charge on any atom is 0.387 e. The maximum atomic E-state index is 12.0. The molecule has 0 N–H and O–H groups in total. The molecule has 102 valence electrons. The minimum atomic E-state index is -2.87. The fourth-order valence-electron chi connectivity index (χ4n) is 1.50. The zero-order chi connectivity index (χ0) is 14.5. The molecule has 0 saturated heterocycles. The Labute approximate surface area is 116 Å². The van der Waals surface area contributed by atoms with Crippen LogP contribution in [0.5, 0.6) is 5.75 Å². The van der Waals surface area contributed by atoms with Crippen molar-refractivity contribution in [2.75, 3.05) is 0 Å². The van der Waals surface area contributed by atoms with Crippen molar-refractivity contribution >= 4 is 17.2 Å². The number of halogens is 2. The summed E-state index contributed by atoms with van der Waals surface area (Å²) in [5.41, 5.74) is 8.94. The third kappa shape index (κ3) is 3.31. The number of rotatable bonds is 4. The number of azide groups is 1. The summed E-state index contributed by atoms with van der Waals surface area (Å²) in [6.07, 6.45) is 0. The van der Waals surface area contributed by atoms with Crippen LogP contribution in [-0.4, -0.2) is 12.5 Å². The van der Waals surface area contributed by atoms with Crippen molar-refractivity contribution in [1.82, 2.24) is 0 Å². The van der Waals surface area contributed by atoms with Crippen LogP contribution in [0.4, 0.5) is 8.78 Å². The Morgan fingerprint density at radius 1 is 1.25 bits per heavy atom. The van der Waals surface area contributed by atoms with Crippen LogP contribution in [0.15, 0.2) is 41.5 Å². The van der Waals surface area contributed by atoms with Crippen LogP contribution in [0.3, 0.4) is 0 Å². The number of benzene rings is 1. The number of thiophene rings is 1. The lowest BCUT2D eigenvalue weighted by molar-refractivity contribution is -0.0498. The summed E-state index contributed by atoms with van der Waals surface area (Å²) in [6.45, 7) is -2.87. The number of amides is 1. The van der Waals surface area contributed by atoms with Gasteiger partial charge >= 0.3 is 6.61 Å². The van der Waals surface area contributed by atoms with Crippen LogP contribution < -0.4 is 4.74 Å². The Balaban J connectivity index is 2.20. The van der Waals surface area contributed by atoms with Gasteiger partial charge in [-0.2, -0.15) is 8.78 Å². The van der Waals surface area contributed by atoms with Crippen molar-refractivity contribution < 1.29 is 18.3 Å². The molecule has 2 rings (SSSR count). The molecule has 0 spiro atoms. The van der Waals surface area contributed by atoms with Crippen LogP contribution in [0.25, 0.3) is 20.9 Å². The second-order valence-electron chi connectivity index (χ2n) is 3.56. The predicted octanol–water partition coefficient (Wildman–Crippen LogP) is 4.47. The molecular weight excluding hydrogens is 288 g/mol. The van der Waals surface area contributed by atoms with Gasteiger partial charge < -0.3 is 4.74 Å². The van der Waals surface area contributed by atoms with Gasteiger partial charge in [0, 0.05) is 9.79 Å². The zero-order valence-corrected chi connectivity index (χ0v) is 10.7. The highest BCUT2D eigenvalue weighted by Gasteiger charge is 2.09. The lowest BCUT2D eigenvalue weighted by Gasteiger charge is -2.04. The molecule has 1 aromatic heterocycles. The molecule has 20 heavy (non-hydrogen) atoms. The van der Waals surface area contributed by atoms with E-state index < -0.39 is 12.5 Å². The molecule has 8 heteroatoms. The van der Waals surface area contributed by atoms with Gasteiger partial charge in [0.25, 0.3) is 5.91 Å². The van der Waals surface area contributed by atoms with Crippen molar-refractivity contribution in [2.45, 2.75) is 6.61 Å². The Hall–Kier alpha value is -2.44. The summed E-state index contributed by atoms with van der Waals surface area (Å²) >= 11 is 1.15. The van der Waals surface area contributed by atoms with Gasteiger partial charge in [-0.1, -0.05) is 0 Å². The molecule has 0 aliphatic rings. The molecule has 0 saturated carbocycles. The van der Waals surface area contributed by atoms with E-state index in [2.05, 4.69) is 14.8 Å². The summed E-state index contributed by atoms with van der Waals surface area (Å²) in [4.78, 5) is 14.8. The molecule has 0 bridgehead atoms. The molecule has 2 aromatic rings. The Bertz CT molecular complexity index is 664. The highest BCUT2D eigenvalue weighted by molar-refractivity contribution is 7.17. The molecular formula is C12H7F2N3O2S. The van der Waals surface area contributed by atoms with E-state index in [1.165, 1.54) is 12.1 Å². The Kier molecular flexibility index (Phi) is 4.29. The SMILES string of the molecule is [N-]=[N+]=NC(=O)c1ccc(-c2ccc(OC(F)F)cc2)s1. The molecule has 0 aliphatic carbocycles. The lowest BCUT2D eigenvalue weighted by atomic mass is 10.2. The van der Waals surface area contributed by atoms with Gasteiger partial charge in [-0.3, -0.25) is 4.79 Å². The average Bonchev–Trinajstić information content (AvgIpc) is 2.89. The summed E-state index contributed by atoms with van der Waals surface area (Å²) in [5, 5.41) is 3.00. The average molecular weight is 295 g/mol. The predicted molar refractivity (Wildman–Crippen MR) is 69.9 cm³/mol. The van der Waals surface area contributed by atoms with Gasteiger partial charge in [-0.05, 0) is 52.6 Å². The van der Waals surface area contributed by atoms with Crippen LogP contribution in [-0.2, 0) is 0 Å². The normalized spacial score (nSPS) is 10.2. The van der Waals surface area contributed by atoms with E-state index in [4.69, 9.17) is 5.53 Å². The van der Waals surface area contributed by atoms with E-state index in [-0.39, 0.29) is 5.75 Å². The van der Waals surface area contributed by atoms with E-state index in [9.17, 15) is 13.6 Å². The van der Waals surface area contributed by atoms with E-state index in [0.29, 0.717) is 4.88 Å². The van der Waals surface area contributed by atoms with Gasteiger partial charge in [0.1, 0.15) is 5.75 Å². The van der Waals surface area contributed by atoms with Crippen molar-refractivity contribution in [3.63, 3.8) is 0 Å². The van der Waals surface area contributed by atoms with Crippen LogP contribution in [0.2, 0.25) is 0 Å². The van der Waals surface area contributed by atoms with E-state index in [1.54, 1.807) is 24.3 Å². The monoisotopic (exact) mass is 295 g/mol. The molecule has 1 aromatic carbocycles. The van der Waals surface area contributed by atoms with Gasteiger partial charge in [-0.25, -0.2) is 0 Å². The number of nitrogens with zero attached hydrogens (tertiary/aromatic N) is 3. The first-order valence-electron chi connectivity index (χ1n) is 5.34. The number of hydrogen-bond donors (Lipinski definition) is 0. The minimum Gasteiger partial charge on any atom is -0.435 e. The van der Waals surface area contributed by atoms with Gasteiger partial charge in [0.2, 0.25) is 0 Å². The van der Waals surface area contributed by atoms with Gasteiger partial charge in [0.05, 0.1) is 4.88 Å². The quantitative estimate of drug-likeness (QED) is 0.474. The molecule has 0 aliphatic heterocycles. The Morgan fingerprint density at radius 2 is 1.95 bits per heavy atom. The van der Waals surface area contributed by atoms with E-state index in [1.807, 2.05) is 0 Å². The number of hydrogen-bond acceptors (Lipinski definition) is 3. The topological polar surface area (TPSA) is 75.1 Å². The van der Waals surface area contributed by atoms with Crippen LogP contribution >= 0.6 is 11.3 Å². The third-order valence-electron chi connectivity index (χ3n) is 2.32. The first-order chi connectivity index (χ1) is 9.60. The summed E-state index contributed by atoms with van der Waals surface area (Å²) in [7, 11) is 0. The molecule has 1 amide bonds. The Morgan fingerprint density at radius 3 is 2.55 bits per heavy atom. The first kappa shape index (κ1) is 14.0. The largest absolute Gasteiger partial charge is 0.435 e. The minimum absolute atomic E-state index is 0.0608. The number of alkyl halides is 2. The van der Waals surface area contributed by atoms with Crippen molar-refractivity contribution in [3.05, 3.63) is 51.7 Å². The highest BCUT2D eigenvalue weighted by Crippen LogP contribution is 2.30. The highest BCUT2D eigenvalue weighted by atomic mass is 32.1. The maximum absolute atomic E-state index is 12.0. The van der Waals surface area contributed by atoms with E-state index >= 15 is 0 Å². The van der Waals surface area contributed by atoms with Crippen molar-refractivity contribution in [1.29, 1.82) is 0 Å². The lowest BCUT2D eigenvalue weighted by Crippen LogP contribution is -2.01. The molecule has 0 fully saturated rings. The smallest absolute Gasteiger partial charge is 0.387 e. The zero-order valence-electron chi connectivity index (χ0n) is 9.86. The number of carbonyl (C=O) groups is 1. The van der Waals surface area contributed by atoms with Crippen LogP contribution in [0.1, 0.15) is 9.67 Å². The molecule has 0 atom stereocenters. The van der Waals surface area contributed by atoms with Crippen molar-refractivity contribution in [2.24, 2.45) is 5.11 Å². The second kappa shape index (κ2) is 6.14. The summed E-state index contributed by atoms with van der Waals surface area (Å²) in [5.74, 6) is -0.591. The standard InChI is InChI=1S/C12H7F2N3O2S/c13-12(14)19-8-3-1-7(2-4-8)9-5-6-10(20-9)11(18)16-17-15/h1-6,12H. The number of ether oxygens (including phenoxy) is 1. The fraction of sp³-hybridized carbons (Fsp3) is 0.0833.